The Morgan fingerprint density at radius 2 is 0.457 bits per heavy atom. The highest BCUT2D eigenvalue weighted by molar-refractivity contribution is 7.47. The van der Waals surface area contributed by atoms with Gasteiger partial charge in [0.1, 0.15) is 293 Å². The number of carbonyl (C=O) groups is 1. The van der Waals surface area contributed by atoms with Crippen LogP contribution in [0.1, 0.15) is 6.92 Å². The van der Waals surface area contributed by atoms with E-state index >= 15 is 0 Å². The number of rotatable bonds is 37. The quantitative estimate of drug-likeness (QED) is 0.0257. The minimum atomic E-state index is -5.75. The van der Waals surface area contributed by atoms with Crippen molar-refractivity contribution >= 4 is 13.7 Å². The molecule has 65 nitrogen and oxygen atoms in total. The normalized spacial score (nSPS) is 52.1. The highest BCUT2D eigenvalue weighted by atomic mass is 31.2. The average molecular weight is 2080 g/mol. The van der Waals surface area contributed by atoms with Gasteiger partial charge in [-0.25, -0.2) is 4.57 Å². The molecule has 61 atom stereocenters. The molecule has 12 heterocycles. The van der Waals surface area contributed by atoms with E-state index < -0.39 is 461 Å². The number of amides is 1. The summed E-state index contributed by atoms with van der Waals surface area (Å²) >= 11 is 0. The maximum Gasteiger partial charge on any atom is 0.474 e. The molecule has 0 bridgehead atoms. The van der Waals surface area contributed by atoms with E-state index in [4.69, 9.17) is 113 Å². The van der Waals surface area contributed by atoms with Gasteiger partial charge in [0, 0.05) is 6.92 Å². The van der Waals surface area contributed by atoms with E-state index in [1.807, 2.05) is 0 Å². The van der Waals surface area contributed by atoms with Crippen molar-refractivity contribution in [2.24, 2.45) is 0 Å². The van der Waals surface area contributed by atoms with E-state index in [0.29, 0.717) is 0 Å². The summed E-state index contributed by atoms with van der Waals surface area (Å²) in [6.45, 7) is -13.8. The number of aliphatic hydroxyl groups is 37. The van der Waals surface area contributed by atoms with Crippen LogP contribution >= 0.6 is 7.82 Å². The van der Waals surface area contributed by atoms with Gasteiger partial charge in [-0.15, -0.1) is 0 Å². The van der Waals surface area contributed by atoms with Crippen LogP contribution in [0.15, 0.2) is 0 Å². The van der Waals surface area contributed by atoms with Crippen molar-refractivity contribution in [2.75, 3.05) is 79.3 Å². The van der Waals surface area contributed by atoms with Gasteiger partial charge < -0.3 is 303 Å². The fourth-order valence-corrected chi connectivity index (χ4v) is 18.2. The molecule has 1 amide bonds. The summed E-state index contributed by atoms with van der Waals surface area (Å²) in [6, 6.07) is -1.93. The number of nitrogens with one attached hydrogen (secondary N) is 1. The molecule has 12 aliphatic heterocycles. The molecule has 39 N–H and O–H groups in total. The van der Waals surface area contributed by atoms with E-state index in [-0.39, 0.29) is 0 Å². The molecule has 0 aromatic carbocycles. The Bertz CT molecular complexity index is 3800. The third kappa shape index (κ3) is 25.2. The van der Waals surface area contributed by atoms with E-state index in [0.717, 1.165) is 6.92 Å². The zero-order chi connectivity index (χ0) is 103. The lowest BCUT2D eigenvalue weighted by molar-refractivity contribution is -0.410. The summed E-state index contributed by atoms with van der Waals surface area (Å²) in [6.07, 6.45) is -135. The van der Waals surface area contributed by atoms with Crippen LogP contribution in [-0.4, -0.2) is 647 Å². The molecule has 816 valence electrons. The zero-order valence-corrected chi connectivity index (χ0v) is 74.1. The molecule has 12 fully saturated rings. The van der Waals surface area contributed by atoms with Crippen molar-refractivity contribution in [3.05, 3.63) is 0 Å². The Labute approximate surface area is 787 Å². The Morgan fingerprint density at radius 3 is 0.814 bits per heavy atom. The number of hydrogen-bond donors (Lipinski definition) is 39. The van der Waals surface area contributed by atoms with Crippen molar-refractivity contribution in [1.82, 2.24) is 5.32 Å². The maximum absolute atomic E-state index is 13.5. The first-order valence-electron chi connectivity index (χ1n) is 44.0. The monoisotopic (exact) mass is 2080 g/mol. The van der Waals surface area contributed by atoms with Crippen LogP contribution in [0, 0.1) is 0 Å². The minimum Gasteiger partial charge on any atom is -0.394 e. The Morgan fingerprint density at radius 1 is 0.229 bits per heavy atom. The number of phosphoric acid groups is 1. The first kappa shape index (κ1) is 116. The summed E-state index contributed by atoms with van der Waals surface area (Å²) in [7, 11) is -5.75. The smallest absolute Gasteiger partial charge is 0.394 e. The molecule has 0 aromatic heterocycles. The van der Waals surface area contributed by atoms with Gasteiger partial charge in [-0.05, 0) is 0 Å². The second kappa shape index (κ2) is 50.0. The van der Waals surface area contributed by atoms with Gasteiger partial charge in [0.15, 0.2) is 75.5 Å². The molecule has 12 aliphatic rings. The van der Waals surface area contributed by atoms with Crippen LogP contribution in [0.25, 0.3) is 0 Å². The zero-order valence-electron chi connectivity index (χ0n) is 73.2. The Kier molecular flexibility index (Phi) is 41.4. The van der Waals surface area contributed by atoms with Gasteiger partial charge >= 0.3 is 7.82 Å². The minimum absolute atomic E-state index is 0.908. The van der Waals surface area contributed by atoms with E-state index in [1.165, 1.54) is 0 Å². The molecule has 0 radical (unpaired) electrons. The van der Waals surface area contributed by atoms with Crippen LogP contribution in [0.3, 0.4) is 0 Å². The highest BCUT2D eigenvalue weighted by Gasteiger charge is 2.63. The number of aliphatic hydroxyl groups excluding tert-OH is 37. The molecular formula is C74H126NO64P. The van der Waals surface area contributed by atoms with Gasteiger partial charge in [0.2, 0.25) is 5.91 Å². The molecule has 66 heteroatoms. The van der Waals surface area contributed by atoms with Crippen LogP contribution in [0.2, 0.25) is 0 Å². The topological polar surface area (TPSA) is 1040 Å². The Hall–Kier alpha value is -2.78. The van der Waals surface area contributed by atoms with E-state index in [1.54, 1.807) is 0 Å². The third-order valence-corrected chi connectivity index (χ3v) is 26.6. The predicted octanol–water partition coefficient (Wildman–Crippen LogP) is -26.9. The highest BCUT2D eigenvalue weighted by Crippen LogP contribution is 2.48. The van der Waals surface area contributed by atoms with Gasteiger partial charge in [-0.1, -0.05) is 0 Å². The summed E-state index contributed by atoms with van der Waals surface area (Å²) in [5.74, 6) is -0.957. The molecule has 0 aliphatic carbocycles. The lowest BCUT2D eigenvalue weighted by atomic mass is 9.94. The second-order valence-electron chi connectivity index (χ2n) is 35.0. The number of carbonyl (C=O) groups excluding carboxylic acids is 1. The van der Waals surface area contributed by atoms with Crippen molar-refractivity contribution in [3.8, 4) is 0 Å². The molecular weight excluding hydrogens is 1960 g/mol. The molecule has 12 saturated heterocycles. The third-order valence-electron chi connectivity index (χ3n) is 25.7. The number of phosphoric ester groups is 1. The molecule has 140 heavy (non-hydrogen) atoms. The second-order valence-corrected chi connectivity index (χ2v) is 36.4. The first-order chi connectivity index (χ1) is 66.1. The lowest BCUT2D eigenvalue weighted by Crippen LogP contribution is -2.69. The van der Waals surface area contributed by atoms with Crippen molar-refractivity contribution in [3.63, 3.8) is 0 Å². The van der Waals surface area contributed by atoms with Crippen molar-refractivity contribution in [2.45, 2.75) is 375 Å². The lowest BCUT2D eigenvalue weighted by Gasteiger charge is -2.51. The summed E-state index contributed by atoms with van der Waals surface area (Å²) in [5.41, 5.74) is 0. The summed E-state index contributed by atoms with van der Waals surface area (Å²) in [5, 5.41) is 413. The van der Waals surface area contributed by atoms with Crippen LogP contribution in [-0.2, 0) is 123 Å². The van der Waals surface area contributed by atoms with Crippen molar-refractivity contribution in [1.29, 1.82) is 0 Å². The van der Waals surface area contributed by atoms with Crippen molar-refractivity contribution < 1.29 is 316 Å². The van der Waals surface area contributed by atoms with Crippen LogP contribution < -0.4 is 5.32 Å². The van der Waals surface area contributed by atoms with Crippen LogP contribution in [0.4, 0.5) is 0 Å². The van der Waals surface area contributed by atoms with Gasteiger partial charge in [0.05, 0.1) is 79.3 Å². The SMILES string of the molecule is CC(=O)N[C@H]1C(O)O[C@H](CO)[C@@H](O[C@@H]2O[C@H](CO[C@H]3O[C@H](CO[C@H]4O[C@H](COP(=O)(O)O[C@H]5O[C@H](CO)[C@@H](O)[C@H](O)[C@@H]5O)[C@@H](O)[C@H](O)[C@@H]4O[C@H]4O[C@H](CO)[C@@H](O)[C@H](O)[C@@H]4O)[C@@H](O)[C@H](O[C@H]4O[C@H](CO)[C@@H](O)[C@H](O)[C@@H]4O)[C@@H]3O)[C@@H](O)[C@H](O[C@H]3O[C@H](CO[C@H]4O[C@H](CO)[C@@H](O)[C@H](O)[C@@H]4O[C@H]4O[C@H](CO)[C@@H](O)[C@H](O)[C@@H]4O)[C@@H](O)[C@H](O)[C@@H]3O[C@H]3O[C@H](CO)[C@@H](O)[C@H](O)[C@@H]3O[C@H]3O[C@H](CO)[C@@H](O)[C@H](O)[C@@H]3O)[C@@H]2O)[C@@H]1O. The Balaban J connectivity index is 0.900. The fourth-order valence-electron chi connectivity index (χ4n) is 17.4. The van der Waals surface area contributed by atoms with E-state index in [2.05, 4.69) is 5.32 Å². The first-order valence-corrected chi connectivity index (χ1v) is 45.5. The number of hydrogen-bond acceptors (Lipinski definition) is 63. The molecule has 12 rings (SSSR count). The maximum atomic E-state index is 13.5. The largest absolute Gasteiger partial charge is 0.474 e. The molecule has 0 saturated carbocycles. The number of ether oxygens (including phenoxy) is 22. The van der Waals surface area contributed by atoms with Gasteiger partial charge in [0.25, 0.3) is 0 Å². The van der Waals surface area contributed by atoms with Gasteiger partial charge in [-0.2, -0.15) is 0 Å². The average Bonchev–Trinajstić information content (AvgIpc) is 0.757. The standard InChI is InChI=1S/C74H126NO64P/c1-14(84)75-27-39(96)56(22(9-83)120-63(27)113)132-69-55(112)58(134-74-62(138-73-61(46(103)34(91)21(8-82)127-73)137-68-52(109)43(100)31(88)18(5-79)124-68)48(105)35(92)23(131-74)10-117-71-59(45(102)33(90)20(7-81)126-71)135-66-50(107)41(98)29(86)16(3-77)122-66)38(95)25(129-69)11-116-64-54(111)57(133-65-49(106)40(97)28(85)15(2-76)121-65)37(94)24(128-64)12-118-72-60(136-67-51(108)42(99)30(87)17(4-78)123-67)47(104)36(93)26(130-72)13-119-140(114,115)139-70-53(110)44(101)32(89)19(6-80)125-70/h15-74,76-83,85-113H,2-13H2,1H3,(H,75,84)(H,114,115)/t15-,16-,17-,18-,19-,20-,21-,22-,23-,24-,25-,26-,27-,28-,29-,30-,31-,32-,33-,34-,35-,36-,37-,38-,39-,40+,41+,42+,43+,44+,45+,46+,47+,48+,49+,50+,51+,52+,53+,54+,55+,56-,57+,58+,59+,60+,61+,62+,63?,64+,65-,66-,67-,68-,69+,70-,71+,72+,73-,74-/m1/s1. The fraction of sp³-hybridized carbons (Fsp3) is 0.986. The molecule has 0 spiro atoms. The molecule has 0 aromatic rings. The molecule has 2 unspecified atom stereocenters. The summed E-state index contributed by atoms with van der Waals surface area (Å²) in [4.78, 5) is 23.5. The predicted molar refractivity (Wildman–Crippen MR) is 417 cm³/mol. The van der Waals surface area contributed by atoms with Crippen LogP contribution in [0.5, 0.6) is 0 Å². The van der Waals surface area contributed by atoms with E-state index in [9.17, 15) is 203 Å². The summed E-state index contributed by atoms with van der Waals surface area (Å²) < 4.78 is 152. The van der Waals surface area contributed by atoms with Gasteiger partial charge in [-0.3, -0.25) is 13.8 Å².